The molecule has 0 aliphatic carbocycles. The maximum Gasteiger partial charge on any atom is 0.311 e. The molecule has 3 rings (SSSR count). The lowest BCUT2D eigenvalue weighted by atomic mass is 9.74. The van der Waals surface area contributed by atoms with Gasteiger partial charge in [-0.15, -0.1) is 0 Å². The van der Waals surface area contributed by atoms with E-state index in [-0.39, 0.29) is 43.1 Å². The highest BCUT2D eigenvalue weighted by Crippen LogP contribution is 2.42. The van der Waals surface area contributed by atoms with Crippen LogP contribution in [0.15, 0.2) is 0 Å². The lowest BCUT2D eigenvalue weighted by molar-refractivity contribution is -0.371. The predicted molar refractivity (Wildman–Crippen MR) is 204 cm³/mol. The number of aliphatic hydroxyl groups excluding tert-OH is 2. The van der Waals surface area contributed by atoms with Crippen molar-refractivity contribution in [2.24, 2.45) is 35.3 Å². The minimum Gasteiger partial charge on any atom is -0.459 e. The second-order valence-electron chi connectivity index (χ2n) is 17.1. The molecule has 0 unspecified atom stereocenters. The fourth-order valence-electron chi connectivity index (χ4n) is 9.11. The van der Waals surface area contributed by atoms with Crippen LogP contribution in [0.25, 0.3) is 0 Å². The molecule has 55 heavy (non-hydrogen) atoms. The number of methoxy groups -OCH3 is 3. The molecule has 0 bridgehead atoms. The second kappa shape index (κ2) is 19.6. The van der Waals surface area contributed by atoms with Gasteiger partial charge in [0, 0.05) is 64.6 Å². The van der Waals surface area contributed by atoms with E-state index in [4.69, 9.17) is 43.6 Å². The number of esters is 1. The number of ether oxygens (including phenoxy) is 8. The first-order valence-corrected chi connectivity index (χ1v) is 20.1. The first kappa shape index (κ1) is 48.0. The molecule has 0 radical (unpaired) electrons. The van der Waals surface area contributed by atoms with E-state index in [1.165, 1.54) is 14.0 Å². The number of nitrogens with zero attached hydrogens (tertiary/aromatic N) is 1. The van der Waals surface area contributed by atoms with Crippen LogP contribution in [-0.4, -0.2) is 152 Å². The molecule has 3 fully saturated rings. The van der Waals surface area contributed by atoms with Crippen molar-refractivity contribution in [2.75, 3.05) is 41.5 Å². The third kappa shape index (κ3) is 10.5. The second-order valence-corrected chi connectivity index (χ2v) is 17.1. The average molecular weight is 791 g/mol. The van der Waals surface area contributed by atoms with Gasteiger partial charge in [-0.05, 0) is 66.8 Å². The predicted octanol–water partition coefficient (Wildman–Crippen LogP) is 2.63. The molecule has 0 aromatic rings. The van der Waals surface area contributed by atoms with Crippen molar-refractivity contribution in [3.63, 3.8) is 0 Å². The fourth-order valence-corrected chi connectivity index (χ4v) is 9.11. The number of rotatable bonds is 11. The first-order chi connectivity index (χ1) is 25.6. The molecule has 322 valence electrons. The summed E-state index contributed by atoms with van der Waals surface area (Å²) in [6.45, 7) is 18.4. The van der Waals surface area contributed by atoms with Crippen LogP contribution < -0.4 is 5.73 Å². The summed E-state index contributed by atoms with van der Waals surface area (Å²) < 4.78 is 50.7. The molecule has 0 spiro atoms. The average Bonchev–Trinajstić information content (AvgIpc) is 3.14. The Morgan fingerprint density at radius 3 is 2.09 bits per heavy atom. The molecule has 5 N–H and O–H groups in total. The summed E-state index contributed by atoms with van der Waals surface area (Å²) in [6.07, 6.45) is -6.91. The van der Waals surface area contributed by atoms with Gasteiger partial charge >= 0.3 is 5.97 Å². The monoisotopic (exact) mass is 791 g/mol. The van der Waals surface area contributed by atoms with Crippen LogP contribution in [0, 0.1) is 29.6 Å². The number of cyclic esters (lactones) is 1. The van der Waals surface area contributed by atoms with Crippen LogP contribution in [0.4, 0.5) is 0 Å². The maximum absolute atomic E-state index is 14.3. The Hall–Kier alpha value is -1.34. The lowest BCUT2D eigenvalue weighted by Gasteiger charge is -2.50. The molecule has 0 saturated carbocycles. The minimum absolute atomic E-state index is 0.109. The van der Waals surface area contributed by atoms with Gasteiger partial charge in [-0.2, -0.15) is 0 Å². The van der Waals surface area contributed by atoms with E-state index in [1.54, 1.807) is 48.8 Å². The zero-order chi connectivity index (χ0) is 41.8. The molecule has 3 aliphatic rings. The van der Waals surface area contributed by atoms with Crippen molar-refractivity contribution >= 4 is 11.8 Å². The number of ketones is 1. The van der Waals surface area contributed by atoms with Crippen LogP contribution in [0.3, 0.4) is 0 Å². The molecular formula is C40H74N2O13. The van der Waals surface area contributed by atoms with E-state index in [9.17, 15) is 24.9 Å². The van der Waals surface area contributed by atoms with Gasteiger partial charge in [0.25, 0.3) is 0 Å². The molecule has 0 amide bonds. The van der Waals surface area contributed by atoms with Gasteiger partial charge in [-0.3, -0.25) is 14.5 Å². The molecule has 18 atom stereocenters. The van der Waals surface area contributed by atoms with Crippen molar-refractivity contribution in [3.8, 4) is 0 Å². The van der Waals surface area contributed by atoms with E-state index in [2.05, 4.69) is 4.90 Å². The van der Waals surface area contributed by atoms with Crippen LogP contribution in [0.5, 0.6) is 0 Å². The molecule has 3 saturated heterocycles. The molecule has 0 aromatic carbocycles. The van der Waals surface area contributed by atoms with Gasteiger partial charge in [0.1, 0.15) is 29.7 Å². The number of carbonyl (C=O) groups is 2. The zero-order valence-corrected chi connectivity index (χ0v) is 35.9. The maximum atomic E-state index is 14.3. The highest BCUT2D eigenvalue weighted by atomic mass is 16.8. The molecule has 0 aromatic heterocycles. The molecule has 3 heterocycles. The Balaban J connectivity index is 2.24. The van der Waals surface area contributed by atoms with Gasteiger partial charge < -0.3 is 58.9 Å². The van der Waals surface area contributed by atoms with Gasteiger partial charge in [-0.25, -0.2) is 0 Å². The van der Waals surface area contributed by atoms with Crippen molar-refractivity contribution in [2.45, 2.75) is 173 Å². The Morgan fingerprint density at radius 1 is 0.909 bits per heavy atom. The Labute approximate surface area is 329 Å². The van der Waals surface area contributed by atoms with Crippen LogP contribution >= 0.6 is 0 Å². The van der Waals surface area contributed by atoms with E-state index >= 15 is 0 Å². The van der Waals surface area contributed by atoms with Gasteiger partial charge in [0.15, 0.2) is 18.4 Å². The molecule has 15 heteroatoms. The number of aliphatic hydroxyl groups is 3. The summed E-state index contributed by atoms with van der Waals surface area (Å²) in [5.41, 5.74) is 2.77. The number of hydrogen-bond acceptors (Lipinski definition) is 15. The van der Waals surface area contributed by atoms with Crippen LogP contribution in [-0.2, 0) is 47.5 Å². The highest BCUT2D eigenvalue weighted by molar-refractivity contribution is 5.83. The first-order valence-electron chi connectivity index (χ1n) is 20.1. The zero-order valence-electron chi connectivity index (χ0n) is 35.9. The Bertz CT molecular complexity index is 1240. The number of Topliss-reactive ketones (excluding diaryl/α,β-unsaturated/α-hetero) is 1. The fraction of sp³-hybridized carbons (Fsp3) is 0.950. The standard InChI is InChI=1S/C40H74N2O13/c1-15-28-39(9,47)34(45)24(5)30(43)22(3)20-38(8,49-13)35(54-37-32(48-12)27(19-23(4)51-37)42(11)17-16-41)25(6)31(26(7)36(46)52-28)53-29-18-21(2)33(44)40(10,50-14)55-29/h21-29,31-35,37,44-45,47H,15-20,41H2,1-14H3/t21-,22-,23-,24+,25+,26-,27+,28-,29-,31+,32-,33+,34-,35-,37+,38+,39-,40-/m1/s1. The third-order valence-electron chi connectivity index (χ3n) is 12.8. The molecule has 3 aliphatic heterocycles. The molecular weight excluding hydrogens is 716 g/mol. The normalized spacial score (nSPS) is 47.0. The summed E-state index contributed by atoms with van der Waals surface area (Å²) in [6, 6.07) is -0.109. The van der Waals surface area contributed by atoms with Crippen molar-refractivity contribution in [1.29, 1.82) is 0 Å². The summed E-state index contributed by atoms with van der Waals surface area (Å²) in [5, 5.41) is 34.2. The summed E-state index contributed by atoms with van der Waals surface area (Å²) in [5.74, 6) is -6.05. The quantitative estimate of drug-likeness (QED) is 0.223. The number of carbonyl (C=O) groups excluding carboxylic acids is 2. The number of nitrogens with two attached hydrogens (primary N) is 1. The van der Waals surface area contributed by atoms with Gasteiger partial charge in [-0.1, -0.05) is 34.6 Å². The van der Waals surface area contributed by atoms with E-state index in [0.29, 0.717) is 19.5 Å². The molecule has 15 nitrogen and oxygen atoms in total. The van der Waals surface area contributed by atoms with Crippen LogP contribution in [0.1, 0.15) is 94.9 Å². The van der Waals surface area contributed by atoms with Crippen LogP contribution in [0.2, 0.25) is 0 Å². The smallest absolute Gasteiger partial charge is 0.311 e. The van der Waals surface area contributed by atoms with Gasteiger partial charge in [0.05, 0.1) is 35.9 Å². The summed E-state index contributed by atoms with van der Waals surface area (Å²) in [7, 11) is 6.58. The lowest BCUT2D eigenvalue weighted by Crippen LogP contribution is -2.62. The highest BCUT2D eigenvalue weighted by Gasteiger charge is 2.54. The summed E-state index contributed by atoms with van der Waals surface area (Å²) >= 11 is 0. The Kier molecular flexibility index (Phi) is 17.1. The van der Waals surface area contributed by atoms with Gasteiger partial charge in [0.2, 0.25) is 0 Å². The topological polar surface area (TPSA) is 198 Å². The van der Waals surface area contributed by atoms with Crippen molar-refractivity contribution in [3.05, 3.63) is 0 Å². The number of hydrogen-bond donors (Lipinski definition) is 4. The van der Waals surface area contributed by atoms with E-state index in [1.807, 2.05) is 34.7 Å². The van der Waals surface area contributed by atoms with Crippen molar-refractivity contribution in [1.82, 2.24) is 4.90 Å². The third-order valence-corrected chi connectivity index (χ3v) is 12.8. The number of likely N-dealkylation sites (N-methyl/N-ethyl adjacent to an activating group) is 1. The summed E-state index contributed by atoms with van der Waals surface area (Å²) in [4.78, 5) is 30.5. The van der Waals surface area contributed by atoms with E-state index < -0.39 is 95.8 Å². The largest absolute Gasteiger partial charge is 0.459 e. The van der Waals surface area contributed by atoms with E-state index in [0.717, 1.165) is 0 Å². The Morgan fingerprint density at radius 2 is 1.55 bits per heavy atom. The van der Waals surface area contributed by atoms with Crippen molar-refractivity contribution < 1.29 is 62.8 Å². The SMILES string of the molecule is CC[C@H]1OC(=O)[C@H](C)[C@@H](O[C@H]2C[C@@H](C)[C@H](O)[C@](C)(OC)O2)[C@H](C)[C@@H](O[C@@H]2O[C@H](C)C[C@H](N(C)CCN)[C@H]2OC)[C@@](C)(OC)C[C@@H](C)C(=O)[C@H](C)[C@@H](O)[C@]1(C)O. The minimum atomic E-state index is -1.96.